The van der Waals surface area contributed by atoms with Gasteiger partial charge in [-0.2, -0.15) is 0 Å². The van der Waals surface area contributed by atoms with Crippen LogP contribution in [0.25, 0.3) is 0 Å². The topological polar surface area (TPSA) is 82.6 Å². The molecule has 2 N–H and O–H groups in total. The molecule has 17 heavy (non-hydrogen) atoms. The van der Waals surface area contributed by atoms with E-state index in [0.29, 0.717) is 24.2 Å². The molecule has 0 saturated heterocycles. The molecule has 0 atom stereocenters. The molecular weight excluding hydrogens is 224 g/mol. The van der Waals surface area contributed by atoms with E-state index in [4.69, 9.17) is 0 Å². The van der Waals surface area contributed by atoms with Gasteiger partial charge in [-0.25, -0.2) is 4.79 Å². The minimum atomic E-state index is -0.820. The predicted octanol–water partition coefficient (Wildman–Crippen LogP) is -0.145. The van der Waals surface area contributed by atoms with Gasteiger partial charge in [-0.1, -0.05) is 0 Å². The van der Waals surface area contributed by atoms with Gasteiger partial charge in [0.15, 0.2) is 5.56 Å². The number of aromatic nitrogens is 1. The number of H-pyrrole nitrogens is 1. The molecule has 1 aliphatic heterocycles. The van der Waals surface area contributed by atoms with Gasteiger partial charge in [0, 0.05) is 30.8 Å². The number of carbonyl (C=O) groups is 1. The van der Waals surface area contributed by atoms with Crippen molar-refractivity contribution in [2.24, 2.45) is 0 Å². The number of methoxy groups -OCH3 is 1. The Hall–Kier alpha value is -1.82. The molecule has 1 aromatic rings. The van der Waals surface area contributed by atoms with Gasteiger partial charge in [0.25, 0.3) is 5.56 Å². The third-order valence-corrected chi connectivity index (χ3v) is 2.94. The fraction of sp³-hybridized carbons (Fsp3) is 0.455. The Kier molecular flexibility index (Phi) is 2.89. The van der Waals surface area contributed by atoms with Crippen molar-refractivity contribution in [1.82, 2.24) is 9.88 Å². The molecule has 1 aliphatic rings. The number of esters is 1. The number of pyridine rings is 1. The van der Waals surface area contributed by atoms with Crippen LogP contribution in [0.15, 0.2) is 4.79 Å². The Morgan fingerprint density at radius 3 is 2.88 bits per heavy atom. The Morgan fingerprint density at radius 2 is 2.24 bits per heavy atom. The van der Waals surface area contributed by atoms with Crippen molar-refractivity contribution >= 4 is 5.97 Å². The zero-order valence-corrected chi connectivity index (χ0v) is 9.74. The van der Waals surface area contributed by atoms with Crippen molar-refractivity contribution in [2.75, 3.05) is 20.7 Å². The molecule has 6 heteroatoms. The Morgan fingerprint density at radius 1 is 1.53 bits per heavy atom. The van der Waals surface area contributed by atoms with Crippen LogP contribution in [-0.2, 0) is 17.7 Å². The summed E-state index contributed by atoms with van der Waals surface area (Å²) in [7, 11) is 3.08. The first-order chi connectivity index (χ1) is 8.04. The number of nitrogens with zero attached hydrogens (tertiary/aromatic N) is 1. The quantitative estimate of drug-likeness (QED) is 0.665. The molecule has 1 aromatic heterocycles. The highest BCUT2D eigenvalue weighted by molar-refractivity contribution is 5.92. The first kappa shape index (κ1) is 11.7. The van der Waals surface area contributed by atoms with E-state index in [2.05, 4.69) is 9.72 Å². The van der Waals surface area contributed by atoms with Crippen molar-refractivity contribution in [2.45, 2.75) is 13.0 Å². The zero-order valence-electron chi connectivity index (χ0n) is 9.74. The summed E-state index contributed by atoms with van der Waals surface area (Å²) in [6.45, 7) is 1.31. The van der Waals surface area contributed by atoms with E-state index in [1.54, 1.807) is 0 Å². The number of likely N-dealkylation sites (N-methyl/N-ethyl adjacent to an activating group) is 1. The summed E-state index contributed by atoms with van der Waals surface area (Å²) < 4.78 is 4.48. The van der Waals surface area contributed by atoms with Crippen LogP contribution in [0.5, 0.6) is 5.75 Å². The number of rotatable bonds is 1. The molecule has 6 nitrogen and oxygen atoms in total. The fourth-order valence-electron chi connectivity index (χ4n) is 2.00. The van der Waals surface area contributed by atoms with Gasteiger partial charge in [0.1, 0.15) is 5.75 Å². The largest absolute Gasteiger partial charge is 0.506 e. The van der Waals surface area contributed by atoms with E-state index < -0.39 is 11.5 Å². The van der Waals surface area contributed by atoms with Crippen molar-refractivity contribution < 1.29 is 14.6 Å². The van der Waals surface area contributed by atoms with E-state index in [1.807, 2.05) is 11.9 Å². The molecular formula is C11H14N2O4. The number of fused-ring (bicyclic) bond motifs is 1. The smallest absolute Gasteiger partial charge is 0.347 e. The number of hydrogen-bond donors (Lipinski definition) is 2. The van der Waals surface area contributed by atoms with E-state index >= 15 is 0 Å². The first-order valence-electron chi connectivity index (χ1n) is 5.28. The summed E-state index contributed by atoms with van der Waals surface area (Å²) in [5.41, 5.74) is 0.371. The monoisotopic (exact) mass is 238 g/mol. The van der Waals surface area contributed by atoms with Crippen LogP contribution >= 0.6 is 0 Å². The number of aromatic hydroxyl groups is 1. The molecule has 0 bridgehead atoms. The Labute approximate surface area is 97.8 Å². The highest BCUT2D eigenvalue weighted by Crippen LogP contribution is 2.26. The van der Waals surface area contributed by atoms with Crippen molar-refractivity contribution in [1.29, 1.82) is 0 Å². The number of ether oxygens (including phenoxy) is 1. The number of nitrogens with one attached hydrogen (secondary N) is 1. The number of aromatic amines is 1. The van der Waals surface area contributed by atoms with E-state index in [0.717, 1.165) is 6.54 Å². The van der Waals surface area contributed by atoms with Gasteiger partial charge >= 0.3 is 5.97 Å². The third-order valence-electron chi connectivity index (χ3n) is 2.94. The van der Waals surface area contributed by atoms with Gasteiger partial charge in [0.2, 0.25) is 0 Å². The average Bonchev–Trinajstić information content (AvgIpc) is 2.30. The van der Waals surface area contributed by atoms with Crippen LogP contribution in [0.3, 0.4) is 0 Å². The fourth-order valence-corrected chi connectivity index (χ4v) is 2.00. The summed E-state index contributed by atoms with van der Waals surface area (Å²) in [4.78, 5) is 27.7. The molecule has 0 unspecified atom stereocenters. The molecule has 92 valence electrons. The average molecular weight is 238 g/mol. The normalized spacial score (nSPS) is 15.4. The van der Waals surface area contributed by atoms with E-state index in [9.17, 15) is 14.7 Å². The molecule has 0 aliphatic carbocycles. The number of carbonyl (C=O) groups excluding carboxylic acids is 1. The summed E-state index contributed by atoms with van der Waals surface area (Å²) in [6.07, 6.45) is 0.649. The molecule has 0 radical (unpaired) electrons. The minimum Gasteiger partial charge on any atom is -0.506 e. The molecule has 0 amide bonds. The maximum absolute atomic E-state index is 11.7. The van der Waals surface area contributed by atoms with Crippen molar-refractivity contribution in [3.63, 3.8) is 0 Å². The van der Waals surface area contributed by atoms with Gasteiger partial charge in [0.05, 0.1) is 7.11 Å². The summed E-state index contributed by atoms with van der Waals surface area (Å²) in [6, 6.07) is 0. The summed E-state index contributed by atoms with van der Waals surface area (Å²) >= 11 is 0. The molecule has 0 spiro atoms. The Balaban J connectivity index is 2.61. The van der Waals surface area contributed by atoms with Crippen LogP contribution < -0.4 is 5.56 Å². The van der Waals surface area contributed by atoms with Crippen molar-refractivity contribution in [3.05, 3.63) is 27.2 Å². The van der Waals surface area contributed by atoms with Crippen LogP contribution in [0.4, 0.5) is 0 Å². The van der Waals surface area contributed by atoms with Crippen LogP contribution in [-0.4, -0.2) is 41.7 Å². The second kappa shape index (κ2) is 4.21. The highest BCUT2D eigenvalue weighted by Gasteiger charge is 2.25. The molecule has 2 rings (SSSR count). The number of hydrogen-bond acceptors (Lipinski definition) is 5. The Bertz CT molecular complexity index is 521. The highest BCUT2D eigenvalue weighted by atomic mass is 16.5. The second-order valence-corrected chi connectivity index (χ2v) is 4.11. The first-order valence-corrected chi connectivity index (χ1v) is 5.28. The maximum atomic E-state index is 11.7. The lowest BCUT2D eigenvalue weighted by atomic mass is 10.0. The second-order valence-electron chi connectivity index (χ2n) is 4.11. The van der Waals surface area contributed by atoms with E-state index in [-0.39, 0.29) is 11.3 Å². The van der Waals surface area contributed by atoms with Gasteiger partial charge in [-0.3, -0.25) is 4.79 Å². The third kappa shape index (κ3) is 1.91. The maximum Gasteiger partial charge on any atom is 0.347 e. The lowest BCUT2D eigenvalue weighted by Crippen LogP contribution is -2.31. The van der Waals surface area contributed by atoms with Crippen LogP contribution in [0.2, 0.25) is 0 Å². The van der Waals surface area contributed by atoms with E-state index in [1.165, 1.54) is 7.11 Å². The van der Waals surface area contributed by atoms with Gasteiger partial charge in [-0.05, 0) is 7.05 Å². The van der Waals surface area contributed by atoms with Crippen LogP contribution in [0.1, 0.15) is 21.6 Å². The predicted molar refractivity (Wildman–Crippen MR) is 60.1 cm³/mol. The van der Waals surface area contributed by atoms with Gasteiger partial charge < -0.3 is 19.7 Å². The molecule has 0 aromatic carbocycles. The van der Waals surface area contributed by atoms with Crippen molar-refractivity contribution in [3.8, 4) is 5.75 Å². The molecule has 0 saturated carbocycles. The minimum absolute atomic E-state index is 0.262. The summed E-state index contributed by atoms with van der Waals surface area (Å²) in [5.74, 6) is -1.08. The molecule has 2 heterocycles. The lowest BCUT2D eigenvalue weighted by Gasteiger charge is -2.25. The standard InChI is InChI=1S/C11H14N2O4/c1-13-4-3-7-6(5-13)9(14)8(10(15)12-7)11(16)17-2/h3-5H2,1-2H3,(H2,12,14,15). The van der Waals surface area contributed by atoms with Gasteiger partial charge in [-0.15, -0.1) is 0 Å². The molecule has 0 fully saturated rings. The summed E-state index contributed by atoms with van der Waals surface area (Å²) in [5, 5.41) is 9.99. The zero-order chi connectivity index (χ0) is 12.6. The lowest BCUT2D eigenvalue weighted by molar-refractivity contribution is 0.0594. The SMILES string of the molecule is COC(=O)c1c(O)c2c([nH]c1=O)CCN(C)C2. The van der Waals surface area contributed by atoms with Crippen LogP contribution in [0, 0.1) is 0 Å².